The van der Waals surface area contributed by atoms with Gasteiger partial charge in [-0.05, 0) is 18.1 Å². The summed E-state index contributed by atoms with van der Waals surface area (Å²) < 4.78 is 11.5. The minimum atomic E-state index is 0.0748. The van der Waals surface area contributed by atoms with E-state index in [1.54, 1.807) is 7.11 Å². The Morgan fingerprint density at radius 3 is 2.57 bits per heavy atom. The summed E-state index contributed by atoms with van der Waals surface area (Å²) in [5.74, 6) is 1.31. The van der Waals surface area contributed by atoms with Crippen LogP contribution >= 0.6 is 15.9 Å². The van der Waals surface area contributed by atoms with Crippen LogP contribution in [0.25, 0.3) is 0 Å². The molecule has 2 nitrogen and oxygen atoms in total. The van der Waals surface area contributed by atoms with Gasteiger partial charge in [0.2, 0.25) is 0 Å². The molecule has 0 aliphatic carbocycles. The van der Waals surface area contributed by atoms with E-state index in [4.69, 9.17) is 9.47 Å². The maximum atomic E-state index is 6.03. The Kier molecular flexibility index (Phi) is 4.61. The van der Waals surface area contributed by atoms with Crippen LogP contribution in [0, 0.1) is 5.92 Å². The summed E-state index contributed by atoms with van der Waals surface area (Å²) in [5.41, 5.74) is 2.44. The zero-order chi connectivity index (χ0) is 14.7. The zero-order valence-electron chi connectivity index (χ0n) is 12.0. The van der Waals surface area contributed by atoms with Gasteiger partial charge >= 0.3 is 0 Å². The summed E-state index contributed by atoms with van der Waals surface area (Å²) in [6.45, 7) is 0.794. The van der Waals surface area contributed by atoms with Crippen molar-refractivity contribution in [1.82, 2.24) is 0 Å². The molecule has 21 heavy (non-hydrogen) atoms. The lowest BCUT2D eigenvalue weighted by molar-refractivity contribution is 0.0882. The Labute approximate surface area is 134 Å². The third kappa shape index (κ3) is 2.99. The van der Waals surface area contributed by atoms with Gasteiger partial charge in [0.15, 0.2) is 0 Å². The Balaban J connectivity index is 1.89. The van der Waals surface area contributed by atoms with E-state index in [0.717, 1.165) is 24.3 Å². The summed E-state index contributed by atoms with van der Waals surface area (Å²) in [6, 6.07) is 18.7. The molecule has 0 amide bonds. The Morgan fingerprint density at radius 1 is 1.10 bits per heavy atom. The first-order chi connectivity index (χ1) is 10.3. The minimum absolute atomic E-state index is 0.0748. The fraction of sp³-hybridized carbons (Fsp3) is 0.333. The fourth-order valence-electron chi connectivity index (χ4n) is 3.01. The van der Waals surface area contributed by atoms with Gasteiger partial charge in [0.05, 0.1) is 13.2 Å². The maximum Gasteiger partial charge on any atom is 0.124 e. The Morgan fingerprint density at radius 2 is 1.81 bits per heavy atom. The van der Waals surface area contributed by atoms with Crippen molar-refractivity contribution in [1.29, 1.82) is 0 Å². The molecule has 3 rings (SSSR count). The van der Waals surface area contributed by atoms with Gasteiger partial charge < -0.3 is 9.47 Å². The van der Waals surface area contributed by atoms with Crippen LogP contribution in [-0.4, -0.2) is 13.7 Å². The third-order valence-corrected chi connectivity index (χ3v) is 5.28. The van der Waals surface area contributed by atoms with Crippen LogP contribution < -0.4 is 4.74 Å². The van der Waals surface area contributed by atoms with Crippen LogP contribution in [0.4, 0.5) is 0 Å². The molecule has 0 bridgehead atoms. The van der Waals surface area contributed by atoms with Gasteiger partial charge in [-0.15, -0.1) is 0 Å². The standard InChI is InChI=1S/C18H19BrO2/c1-20-16-10-6-5-9-14(16)18-15(11-12-21-18)17(19)13-7-3-2-4-8-13/h2-10,15,17-18H,11-12H2,1H3/t15-,17-,18-/m0/s1. The van der Waals surface area contributed by atoms with Gasteiger partial charge in [0, 0.05) is 22.9 Å². The number of hydrogen-bond acceptors (Lipinski definition) is 2. The Hall–Kier alpha value is -1.32. The molecule has 0 radical (unpaired) electrons. The fourth-order valence-corrected chi connectivity index (χ4v) is 3.86. The van der Waals surface area contributed by atoms with Crippen molar-refractivity contribution in [3.05, 3.63) is 65.7 Å². The number of benzene rings is 2. The summed E-state index contributed by atoms with van der Waals surface area (Å²) in [5, 5.41) is 0. The van der Waals surface area contributed by atoms with Crippen molar-refractivity contribution < 1.29 is 9.47 Å². The normalized spacial score (nSPS) is 23.0. The van der Waals surface area contributed by atoms with Crippen LogP contribution in [-0.2, 0) is 4.74 Å². The highest BCUT2D eigenvalue weighted by Crippen LogP contribution is 2.48. The monoisotopic (exact) mass is 346 g/mol. The molecule has 110 valence electrons. The van der Waals surface area contributed by atoms with Gasteiger partial charge in [0.1, 0.15) is 5.75 Å². The molecule has 1 aliphatic rings. The lowest BCUT2D eigenvalue weighted by Crippen LogP contribution is -2.13. The van der Waals surface area contributed by atoms with Crippen LogP contribution in [0.3, 0.4) is 0 Å². The molecule has 1 fully saturated rings. The second-order valence-electron chi connectivity index (χ2n) is 5.30. The SMILES string of the molecule is COc1ccccc1[C@@H]1OCC[C@H]1[C@@H](Br)c1ccccc1. The second kappa shape index (κ2) is 6.63. The molecule has 1 aliphatic heterocycles. The highest BCUT2D eigenvalue weighted by molar-refractivity contribution is 9.09. The summed E-state index contributed by atoms with van der Waals surface area (Å²) in [4.78, 5) is 0.288. The van der Waals surface area contributed by atoms with E-state index >= 15 is 0 Å². The molecule has 0 N–H and O–H groups in total. The van der Waals surface area contributed by atoms with E-state index < -0.39 is 0 Å². The number of hydrogen-bond donors (Lipinski definition) is 0. The number of ether oxygens (including phenoxy) is 2. The number of rotatable bonds is 4. The molecule has 0 aromatic heterocycles. The molecule has 3 heteroatoms. The third-order valence-electron chi connectivity index (χ3n) is 4.08. The van der Waals surface area contributed by atoms with Gasteiger partial charge in [-0.1, -0.05) is 64.5 Å². The van der Waals surface area contributed by atoms with Gasteiger partial charge in [-0.2, -0.15) is 0 Å². The van der Waals surface area contributed by atoms with Gasteiger partial charge in [0.25, 0.3) is 0 Å². The first-order valence-electron chi connectivity index (χ1n) is 7.25. The molecular weight excluding hydrogens is 328 g/mol. The van der Waals surface area contributed by atoms with Crippen LogP contribution in [0.5, 0.6) is 5.75 Å². The van der Waals surface area contributed by atoms with E-state index in [9.17, 15) is 0 Å². The first-order valence-corrected chi connectivity index (χ1v) is 8.16. The van der Waals surface area contributed by atoms with Crippen molar-refractivity contribution >= 4 is 15.9 Å². The zero-order valence-corrected chi connectivity index (χ0v) is 13.6. The van der Waals surface area contributed by atoms with E-state index in [1.807, 2.05) is 24.3 Å². The minimum Gasteiger partial charge on any atom is -0.496 e. The molecule has 1 saturated heterocycles. The van der Waals surface area contributed by atoms with Crippen LogP contribution in [0.2, 0.25) is 0 Å². The van der Waals surface area contributed by atoms with Crippen molar-refractivity contribution in [2.45, 2.75) is 17.4 Å². The first kappa shape index (κ1) is 14.6. The smallest absolute Gasteiger partial charge is 0.124 e. The number of para-hydroxylation sites is 1. The predicted molar refractivity (Wildman–Crippen MR) is 87.9 cm³/mol. The maximum absolute atomic E-state index is 6.03. The lowest BCUT2D eigenvalue weighted by atomic mass is 9.89. The van der Waals surface area contributed by atoms with Crippen molar-refractivity contribution in [2.75, 3.05) is 13.7 Å². The van der Waals surface area contributed by atoms with E-state index in [0.29, 0.717) is 5.92 Å². The van der Waals surface area contributed by atoms with E-state index in [1.165, 1.54) is 5.56 Å². The molecule has 0 unspecified atom stereocenters. The van der Waals surface area contributed by atoms with Gasteiger partial charge in [-0.3, -0.25) is 0 Å². The number of halogens is 1. The van der Waals surface area contributed by atoms with E-state index in [2.05, 4.69) is 46.3 Å². The molecule has 0 saturated carbocycles. The van der Waals surface area contributed by atoms with Gasteiger partial charge in [-0.25, -0.2) is 0 Å². The number of methoxy groups -OCH3 is 1. The van der Waals surface area contributed by atoms with Crippen molar-refractivity contribution in [3.8, 4) is 5.75 Å². The highest BCUT2D eigenvalue weighted by atomic mass is 79.9. The van der Waals surface area contributed by atoms with E-state index in [-0.39, 0.29) is 10.9 Å². The van der Waals surface area contributed by atoms with Crippen LogP contribution in [0.1, 0.15) is 28.5 Å². The average molecular weight is 347 g/mol. The highest BCUT2D eigenvalue weighted by Gasteiger charge is 2.36. The lowest BCUT2D eigenvalue weighted by Gasteiger charge is -2.25. The summed E-state index contributed by atoms with van der Waals surface area (Å²) >= 11 is 3.88. The van der Waals surface area contributed by atoms with Crippen LogP contribution in [0.15, 0.2) is 54.6 Å². The van der Waals surface area contributed by atoms with Crippen molar-refractivity contribution in [3.63, 3.8) is 0 Å². The average Bonchev–Trinajstić information content (AvgIpc) is 3.04. The second-order valence-corrected chi connectivity index (χ2v) is 6.28. The summed E-state index contributed by atoms with van der Waals surface area (Å²) in [7, 11) is 1.71. The summed E-state index contributed by atoms with van der Waals surface area (Å²) in [6.07, 6.45) is 1.12. The molecular formula is C18H19BrO2. The quantitative estimate of drug-likeness (QED) is 0.732. The Bertz CT molecular complexity index is 585. The molecule has 3 atom stereocenters. The number of alkyl halides is 1. The molecule has 0 spiro atoms. The predicted octanol–water partition coefficient (Wildman–Crippen LogP) is 4.91. The largest absolute Gasteiger partial charge is 0.496 e. The molecule has 2 aromatic rings. The molecule has 2 aromatic carbocycles. The molecule has 1 heterocycles. The topological polar surface area (TPSA) is 18.5 Å². The van der Waals surface area contributed by atoms with Crippen molar-refractivity contribution in [2.24, 2.45) is 5.92 Å².